The van der Waals surface area contributed by atoms with Gasteiger partial charge in [0, 0.05) is 12.1 Å². The summed E-state index contributed by atoms with van der Waals surface area (Å²) in [5, 5.41) is 7.26. The normalized spacial score (nSPS) is 10.6. The number of nitrogens with one attached hydrogen (secondary N) is 1. The Labute approximate surface area is 152 Å². The first-order chi connectivity index (χ1) is 12.6. The molecule has 1 heterocycles. The number of carbonyl (C=O) groups excluding carboxylic acids is 1. The van der Waals surface area contributed by atoms with E-state index >= 15 is 0 Å². The summed E-state index contributed by atoms with van der Waals surface area (Å²) in [6.07, 6.45) is 0.857. The van der Waals surface area contributed by atoms with Crippen LogP contribution >= 0.6 is 0 Å². The second-order valence-corrected chi connectivity index (χ2v) is 5.99. The van der Waals surface area contributed by atoms with Crippen molar-refractivity contribution in [2.24, 2.45) is 0 Å². The van der Waals surface area contributed by atoms with Crippen LogP contribution in [-0.2, 0) is 0 Å². The number of methoxy groups -OCH3 is 1. The van der Waals surface area contributed by atoms with Crippen LogP contribution in [0.25, 0.3) is 17.1 Å². The summed E-state index contributed by atoms with van der Waals surface area (Å²) >= 11 is 0. The zero-order chi connectivity index (χ0) is 18.5. The minimum Gasteiger partial charge on any atom is -0.497 e. The third-order valence-electron chi connectivity index (χ3n) is 3.97. The molecule has 0 aliphatic heterocycles. The molecule has 0 saturated heterocycles. The Morgan fingerprint density at radius 1 is 1.12 bits per heavy atom. The zero-order valence-electron chi connectivity index (χ0n) is 15.2. The van der Waals surface area contributed by atoms with Gasteiger partial charge >= 0.3 is 0 Å². The molecule has 6 heteroatoms. The van der Waals surface area contributed by atoms with Crippen molar-refractivity contribution in [3.8, 4) is 22.8 Å². The molecule has 0 aliphatic carbocycles. The van der Waals surface area contributed by atoms with Gasteiger partial charge in [-0.15, -0.1) is 5.10 Å². The van der Waals surface area contributed by atoms with Crippen LogP contribution in [0.1, 0.15) is 29.5 Å². The van der Waals surface area contributed by atoms with Gasteiger partial charge < -0.3 is 10.1 Å². The summed E-state index contributed by atoms with van der Waals surface area (Å²) < 4.78 is 6.90. The van der Waals surface area contributed by atoms with Crippen molar-refractivity contribution in [2.75, 3.05) is 13.7 Å². The number of aryl methyl sites for hydroxylation is 1. The minimum atomic E-state index is -0.271. The fraction of sp³-hybridized carbons (Fsp3) is 0.250. The van der Waals surface area contributed by atoms with Gasteiger partial charge in [0.2, 0.25) is 5.82 Å². The SMILES string of the molecule is CCCNC(=O)c1nc(-c2ccc(C)cc2)n(-c2ccc(OC)cc2)n1. The second kappa shape index (κ2) is 7.82. The Kier molecular flexibility index (Phi) is 5.31. The monoisotopic (exact) mass is 350 g/mol. The van der Waals surface area contributed by atoms with E-state index in [1.807, 2.05) is 62.4 Å². The van der Waals surface area contributed by atoms with Gasteiger partial charge in [-0.2, -0.15) is 0 Å². The molecular weight excluding hydrogens is 328 g/mol. The van der Waals surface area contributed by atoms with E-state index in [1.165, 1.54) is 0 Å². The van der Waals surface area contributed by atoms with Crippen LogP contribution in [0.4, 0.5) is 0 Å². The molecule has 3 rings (SSSR count). The van der Waals surface area contributed by atoms with Gasteiger partial charge in [0.1, 0.15) is 5.75 Å². The van der Waals surface area contributed by atoms with Crippen molar-refractivity contribution < 1.29 is 9.53 Å². The quantitative estimate of drug-likeness (QED) is 0.740. The van der Waals surface area contributed by atoms with Crippen LogP contribution in [-0.4, -0.2) is 34.3 Å². The van der Waals surface area contributed by atoms with E-state index in [0.29, 0.717) is 12.4 Å². The number of ether oxygens (including phenoxy) is 1. The number of hydrogen-bond donors (Lipinski definition) is 1. The summed E-state index contributed by atoms with van der Waals surface area (Å²) in [7, 11) is 1.62. The Bertz CT molecular complexity index is 883. The highest BCUT2D eigenvalue weighted by Crippen LogP contribution is 2.23. The molecule has 3 aromatic rings. The lowest BCUT2D eigenvalue weighted by Crippen LogP contribution is -2.25. The van der Waals surface area contributed by atoms with Gasteiger partial charge in [-0.25, -0.2) is 9.67 Å². The van der Waals surface area contributed by atoms with Crippen LogP contribution in [0.3, 0.4) is 0 Å². The Morgan fingerprint density at radius 3 is 2.42 bits per heavy atom. The van der Waals surface area contributed by atoms with E-state index in [-0.39, 0.29) is 11.7 Å². The molecule has 6 nitrogen and oxygen atoms in total. The summed E-state index contributed by atoms with van der Waals surface area (Å²) in [5.41, 5.74) is 2.86. The maximum atomic E-state index is 12.3. The van der Waals surface area contributed by atoms with E-state index < -0.39 is 0 Å². The summed E-state index contributed by atoms with van der Waals surface area (Å²) in [6, 6.07) is 15.5. The van der Waals surface area contributed by atoms with Crippen molar-refractivity contribution in [2.45, 2.75) is 20.3 Å². The molecule has 0 atom stereocenters. The predicted molar refractivity (Wildman–Crippen MR) is 101 cm³/mol. The van der Waals surface area contributed by atoms with Crippen LogP contribution in [0.15, 0.2) is 48.5 Å². The Morgan fingerprint density at radius 2 is 1.81 bits per heavy atom. The van der Waals surface area contributed by atoms with E-state index in [2.05, 4.69) is 15.4 Å². The summed E-state index contributed by atoms with van der Waals surface area (Å²) in [5.74, 6) is 1.26. The molecule has 0 spiro atoms. The largest absolute Gasteiger partial charge is 0.497 e. The number of aromatic nitrogens is 3. The fourth-order valence-electron chi connectivity index (χ4n) is 2.52. The van der Waals surface area contributed by atoms with Crippen LogP contribution in [0, 0.1) is 6.92 Å². The van der Waals surface area contributed by atoms with Gasteiger partial charge in [0.05, 0.1) is 12.8 Å². The topological polar surface area (TPSA) is 69.0 Å². The van der Waals surface area contributed by atoms with Crippen molar-refractivity contribution in [3.05, 3.63) is 59.9 Å². The Hall–Kier alpha value is -3.15. The number of amides is 1. The number of rotatable bonds is 6. The van der Waals surface area contributed by atoms with Crippen LogP contribution < -0.4 is 10.1 Å². The van der Waals surface area contributed by atoms with E-state index in [4.69, 9.17) is 4.74 Å². The highest BCUT2D eigenvalue weighted by atomic mass is 16.5. The Balaban J connectivity index is 2.05. The molecule has 0 radical (unpaired) electrons. The maximum Gasteiger partial charge on any atom is 0.290 e. The molecule has 0 unspecified atom stereocenters. The lowest BCUT2D eigenvalue weighted by atomic mass is 10.1. The molecule has 1 N–H and O–H groups in total. The van der Waals surface area contributed by atoms with Gasteiger partial charge in [-0.1, -0.05) is 36.8 Å². The van der Waals surface area contributed by atoms with E-state index in [0.717, 1.165) is 29.0 Å². The van der Waals surface area contributed by atoms with Gasteiger partial charge in [0.25, 0.3) is 5.91 Å². The highest BCUT2D eigenvalue weighted by Gasteiger charge is 2.18. The van der Waals surface area contributed by atoms with Crippen LogP contribution in [0.5, 0.6) is 5.75 Å². The highest BCUT2D eigenvalue weighted by molar-refractivity contribution is 5.91. The molecule has 26 heavy (non-hydrogen) atoms. The maximum absolute atomic E-state index is 12.3. The first kappa shape index (κ1) is 17.7. The first-order valence-corrected chi connectivity index (χ1v) is 8.59. The molecule has 1 aromatic heterocycles. The predicted octanol–water partition coefficient (Wildman–Crippen LogP) is 3.39. The second-order valence-electron chi connectivity index (χ2n) is 5.99. The van der Waals surface area contributed by atoms with Crippen molar-refractivity contribution in [3.63, 3.8) is 0 Å². The van der Waals surface area contributed by atoms with Crippen molar-refractivity contribution in [1.82, 2.24) is 20.1 Å². The van der Waals surface area contributed by atoms with Gasteiger partial charge in [-0.3, -0.25) is 4.79 Å². The van der Waals surface area contributed by atoms with Gasteiger partial charge in [-0.05, 0) is 37.6 Å². The third-order valence-corrected chi connectivity index (χ3v) is 3.97. The molecule has 134 valence electrons. The molecular formula is C20H22N4O2. The first-order valence-electron chi connectivity index (χ1n) is 8.59. The molecule has 0 bridgehead atoms. The van der Waals surface area contributed by atoms with E-state index in [1.54, 1.807) is 11.8 Å². The van der Waals surface area contributed by atoms with Crippen molar-refractivity contribution >= 4 is 5.91 Å². The molecule has 2 aromatic carbocycles. The van der Waals surface area contributed by atoms with Gasteiger partial charge in [0.15, 0.2) is 5.82 Å². The number of nitrogens with zero attached hydrogens (tertiary/aromatic N) is 3. The lowest BCUT2D eigenvalue weighted by Gasteiger charge is -2.07. The lowest BCUT2D eigenvalue weighted by molar-refractivity contribution is 0.0943. The molecule has 1 amide bonds. The average Bonchev–Trinajstić information content (AvgIpc) is 3.12. The summed E-state index contributed by atoms with van der Waals surface area (Å²) in [4.78, 5) is 16.8. The number of hydrogen-bond acceptors (Lipinski definition) is 4. The number of carbonyl (C=O) groups is 1. The van der Waals surface area contributed by atoms with Crippen LogP contribution in [0.2, 0.25) is 0 Å². The average molecular weight is 350 g/mol. The minimum absolute atomic E-state index is 0.157. The zero-order valence-corrected chi connectivity index (χ0v) is 15.2. The summed E-state index contributed by atoms with van der Waals surface area (Å²) in [6.45, 7) is 4.62. The van der Waals surface area contributed by atoms with E-state index in [9.17, 15) is 4.79 Å². The van der Waals surface area contributed by atoms with Crippen molar-refractivity contribution in [1.29, 1.82) is 0 Å². The smallest absolute Gasteiger partial charge is 0.290 e. The third kappa shape index (κ3) is 3.74. The molecule has 0 saturated carbocycles. The molecule has 0 fully saturated rings. The molecule has 0 aliphatic rings. The standard InChI is InChI=1S/C20H22N4O2/c1-4-13-21-20(25)18-22-19(15-7-5-14(2)6-8-15)24(23-18)16-9-11-17(26-3)12-10-16/h5-12H,4,13H2,1-3H3,(H,21,25). The number of benzene rings is 2. The fourth-order valence-corrected chi connectivity index (χ4v) is 2.52.